The van der Waals surface area contributed by atoms with Crippen LogP contribution in [-0.4, -0.2) is 14.2 Å². The molecule has 0 aliphatic heterocycles. The Kier molecular flexibility index (Phi) is 4.84. The highest BCUT2D eigenvalue weighted by Crippen LogP contribution is 2.28. The number of hydrogen-bond donors (Lipinski definition) is 0. The predicted molar refractivity (Wildman–Crippen MR) is 82.8 cm³/mol. The molecule has 3 heteroatoms. The Morgan fingerprint density at radius 3 is 2.57 bits per heavy atom. The number of aryl methyl sites for hydroxylation is 1. The van der Waals surface area contributed by atoms with Gasteiger partial charge in [0.25, 0.3) is 0 Å². The number of methoxy groups -OCH3 is 2. The van der Waals surface area contributed by atoms with E-state index in [1.54, 1.807) is 14.2 Å². The van der Waals surface area contributed by atoms with Crippen molar-refractivity contribution in [2.24, 2.45) is 0 Å². The quantitative estimate of drug-likeness (QED) is 0.835. The predicted octanol–water partition coefficient (Wildman–Crippen LogP) is 3.86. The third-order valence-corrected chi connectivity index (χ3v) is 3.51. The smallest absolute Gasteiger partial charge is 0.122 e. The molecule has 0 aromatic heterocycles. The van der Waals surface area contributed by atoms with E-state index in [9.17, 15) is 5.26 Å². The minimum absolute atomic E-state index is 0.226. The van der Waals surface area contributed by atoms with Gasteiger partial charge in [0.15, 0.2) is 0 Å². The maximum atomic E-state index is 9.51. The van der Waals surface area contributed by atoms with Gasteiger partial charge in [-0.3, -0.25) is 0 Å². The lowest BCUT2D eigenvalue weighted by atomic mass is 9.92. The summed E-state index contributed by atoms with van der Waals surface area (Å²) in [6.45, 7) is 2.04. The van der Waals surface area contributed by atoms with E-state index in [2.05, 4.69) is 12.1 Å². The number of ether oxygens (including phenoxy) is 2. The van der Waals surface area contributed by atoms with Crippen LogP contribution in [0.1, 0.15) is 22.6 Å². The lowest BCUT2D eigenvalue weighted by Crippen LogP contribution is -2.03. The Bertz CT molecular complexity index is 659. The van der Waals surface area contributed by atoms with Crippen LogP contribution in [0.4, 0.5) is 0 Å². The van der Waals surface area contributed by atoms with Crippen molar-refractivity contribution in [3.05, 3.63) is 59.2 Å². The van der Waals surface area contributed by atoms with Gasteiger partial charge in [-0.25, -0.2) is 0 Å². The van der Waals surface area contributed by atoms with Crippen LogP contribution in [0.25, 0.3) is 0 Å². The molecule has 0 radical (unpaired) electrons. The van der Waals surface area contributed by atoms with Gasteiger partial charge in [0.05, 0.1) is 26.2 Å². The molecule has 2 aromatic rings. The zero-order chi connectivity index (χ0) is 15.2. The fourth-order valence-corrected chi connectivity index (χ4v) is 2.38. The summed E-state index contributed by atoms with van der Waals surface area (Å²) >= 11 is 0. The molecule has 21 heavy (non-hydrogen) atoms. The van der Waals surface area contributed by atoms with Gasteiger partial charge in [-0.1, -0.05) is 29.8 Å². The average Bonchev–Trinajstić information content (AvgIpc) is 2.52. The van der Waals surface area contributed by atoms with Gasteiger partial charge in [0.1, 0.15) is 11.5 Å². The van der Waals surface area contributed by atoms with Crippen molar-refractivity contribution >= 4 is 0 Å². The number of hydrogen-bond acceptors (Lipinski definition) is 3. The second kappa shape index (κ2) is 6.81. The first-order chi connectivity index (χ1) is 10.2. The molecule has 0 saturated heterocycles. The summed E-state index contributed by atoms with van der Waals surface area (Å²) < 4.78 is 10.6. The molecule has 0 bridgehead atoms. The Morgan fingerprint density at radius 1 is 1.10 bits per heavy atom. The molecule has 0 saturated carbocycles. The maximum absolute atomic E-state index is 9.51. The first kappa shape index (κ1) is 14.9. The summed E-state index contributed by atoms with van der Waals surface area (Å²) in [5, 5.41) is 9.51. The molecule has 0 fully saturated rings. The number of nitrogens with zero attached hydrogens (tertiary/aromatic N) is 1. The van der Waals surface area contributed by atoms with Crippen LogP contribution in [0, 0.1) is 18.3 Å². The first-order valence-electron chi connectivity index (χ1n) is 6.85. The van der Waals surface area contributed by atoms with Crippen LogP contribution in [0.5, 0.6) is 11.5 Å². The minimum Gasteiger partial charge on any atom is -0.497 e. The van der Waals surface area contributed by atoms with Gasteiger partial charge in [-0.05, 0) is 42.7 Å². The normalized spacial score (nSPS) is 11.5. The highest BCUT2D eigenvalue weighted by molar-refractivity contribution is 5.41. The lowest BCUT2D eigenvalue weighted by molar-refractivity contribution is 0.408. The van der Waals surface area contributed by atoms with Crippen molar-refractivity contribution in [1.82, 2.24) is 0 Å². The second-order valence-corrected chi connectivity index (χ2v) is 4.98. The average molecular weight is 281 g/mol. The van der Waals surface area contributed by atoms with Crippen LogP contribution in [0.3, 0.4) is 0 Å². The zero-order valence-corrected chi connectivity index (χ0v) is 12.6. The molecule has 108 valence electrons. The molecule has 1 unspecified atom stereocenters. The van der Waals surface area contributed by atoms with Crippen LogP contribution in [0.2, 0.25) is 0 Å². The molecule has 0 aliphatic carbocycles. The van der Waals surface area contributed by atoms with Crippen molar-refractivity contribution in [2.75, 3.05) is 14.2 Å². The zero-order valence-electron chi connectivity index (χ0n) is 12.6. The van der Waals surface area contributed by atoms with Gasteiger partial charge in [-0.15, -0.1) is 0 Å². The SMILES string of the molecule is COc1cccc(C(C#N)Cc2cc(C)ccc2OC)c1. The molecule has 2 rings (SSSR count). The van der Waals surface area contributed by atoms with E-state index in [4.69, 9.17) is 9.47 Å². The summed E-state index contributed by atoms with van der Waals surface area (Å²) in [5.41, 5.74) is 3.17. The summed E-state index contributed by atoms with van der Waals surface area (Å²) in [6, 6.07) is 16.1. The maximum Gasteiger partial charge on any atom is 0.122 e. The number of benzene rings is 2. The highest BCUT2D eigenvalue weighted by Gasteiger charge is 2.15. The van der Waals surface area contributed by atoms with Gasteiger partial charge in [-0.2, -0.15) is 5.26 Å². The summed E-state index contributed by atoms with van der Waals surface area (Å²) in [6.07, 6.45) is 0.620. The standard InChI is InChI=1S/C18H19NO2/c1-13-7-8-18(21-3)15(9-13)10-16(12-19)14-5-4-6-17(11-14)20-2/h4-9,11,16H,10H2,1-3H3. The van der Waals surface area contributed by atoms with Crippen molar-refractivity contribution in [1.29, 1.82) is 5.26 Å². The van der Waals surface area contributed by atoms with Gasteiger partial charge in [0, 0.05) is 0 Å². The highest BCUT2D eigenvalue weighted by atomic mass is 16.5. The minimum atomic E-state index is -0.226. The Balaban J connectivity index is 2.31. The van der Waals surface area contributed by atoms with Crippen molar-refractivity contribution < 1.29 is 9.47 Å². The van der Waals surface area contributed by atoms with Crippen LogP contribution in [0.15, 0.2) is 42.5 Å². The van der Waals surface area contributed by atoms with E-state index in [-0.39, 0.29) is 5.92 Å². The molecule has 0 spiro atoms. The Hall–Kier alpha value is -2.47. The third-order valence-electron chi connectivity index (χ3n) is 3.51. The van der Waals surface area contributed by atoms with E-state index in [1.165, 1.54) is 0 Å². The van der Waals surface area contributed by atoms with Crippen molar-refractivity contribution in [3.8, 4) is 17.6 Å². The Morgan fingerprint density at radius 2 is 1.90 bits per heavy atom. The van der Waals surface area contributed by atoms with Gasteiger partial charge < -0.3 is 9.47 Å². The summed E-state index contributed by atoms with van der Waals surface area (Å²) in [7, 11) is 3.28. The van der Waals surface area contributed by atoms with E-state index in [0.29, 0.717) is 6.42 Å². The fraction of sp³-hybridized carbons (Fsp3) is 0.278. The van der Waals surface area contributed by atoms with Crippen molar-refractivity contribution in [2.45, 2.75) is 19.3 Å². The van der Waals surface area contributed by atoms with E-state index in [0.717, 1.165) is 28.2 Å². The molecular weight excluding hydrogens is 262 g/mol. The van der Waals surface area contributed by atoms with Crippen molar-refractivity contribution in [3.63, 3.8) is 0 Å². The van der Waals surface area contributed by atoms with E-state index in [1.807, 2.05) is 43.3 Å². The van der Waals surface area contributed by atoms with Gasteiger partial charge >= 0.3 is 0 Å². The molecule has 0 N–H and O–H groups in total. The molecule has 3 nitrogen and oxygen atoms in total. The molecule has 1 atom stereocenters. The lowest BCUT2D eigenvalue weighted by Gasteiger charge is -2.14. The van der Waals surface area contributed by atoms with Crippen LogP contribution >= 0.6 is 0 Å². The fourth-order valence-electron chi connectivity index (χ4n) is 2.38. The molecule has 0 amide bonds. The second-order valence-electron chi connectivity index (χ2n) is 4.98. The molecule has 0 heterocycles. The summed E-state index contributed by atoms with van der Waals surface area (Å²) in [4.78, 5) is 0. The summed E-state index contributed by atoms with van der Waals surface area (Å²) in [5.74, 6) is 1.36. The first-order valence-corrected chi connectivity index (χ1v) is 6.85. The number of rotatable bonds is 5. The molecule has 0 aliphatic rings. The monoisotopic (exact) mass is 281 g/mol. The molecular formula is C18H19NO2. The topological polar surface area (TPSA) is 42.2 Å². The van der Waals surface area contributed by atoms with Gasteiger partial charge in [0.2, 0.25) is 0 Å². The van der Waals surface area contributed by atoms with Crippen LogP contribution in [-0.2, 0) is 6.42 Å². The van der Waals surface area contributed by atoms with E-state index < -0.39 is 0 Å². The van der Waals surface area contributed by atoms with E-state index >= 15 is 0 Å². The Labute approximate surface area is 125 Å². The largest absolute Gasteiger partial charge is 0.497 e. The van der Waals surface area contributed by atoms with Crippen LogP contribution < -0.4 is 9.47 Å². The number of nitriles is 1. The third kappa shape index (κ3) is 3.55. The molecule has 2 aromatic carbocycles.